The fraction of sp³-hybridized carbons (Fsp3) is 0.167. The van der Waals surface area contributed by atoms with Gasteiger partial charge in [-0.2, -0.15) is 0 Å². The van der Waals surface area contributed by atoms with Gasteiger partial charge in [0.1, 0.15) is 5.82 Å². The highest BCUT2D eigenvalue weighted by Crippen LogP contribution is 2.16. The first-order valence-corrected chi connectivity index (χ1v) is 10.3. The first-order valence-electron chi connectivity index (χ1n) is 8.46. The molecular formula is C18H15ClN4O4S. The van der Waals surface area contributed by atoms with Gasteiger partial charge in [0.05, 0.1) is 15.8 Å². The number of hydrogen-bond acceptors (Lipinski definition) is 5. The lowest BCUT2D eigenvalue weighted by atomic mass is 10.1. The van der Waals surface area contributed by atoms with Crippen LogP contribution in [0, 0.1) is 0 Å². The molecule has 2 N–H and O–H groups in total. The van der Waals surface area contributed by atoms with E-state index in [-0.39, 0.29) is 16.0 Å². The van der Waals surface area contributed by atoms with Crippen molar-refractivity contribution in [2.45, 2.75) is 24.3 Å². The Balaban J connectivity index is 1.56. The monoisotopic (exact) mass is 418 g/mol. The Labute approximate surface area is 165 Å². The predicted molar refractivity (Wildman–Crippen MR) is 104 cm³/mol. The minimum Gasteiger partial charge on any atom is -0.296 e. The number of carbonyl (C=O) groups is 1. The Morgan fingerprint density at radius 2 is 1.89 bits per heavy atom. The van der Waals surface area contributed by atoms with Crippen LogP contribution in [0.4, 0.5) is 0 Å². The van der Waals surface area contributed by atoms with Crippen molar-refractivity contribution >= 4 is 38.4 Å². The first kappa shape index (κ1) is 18.6. The zero-order chi connectivity index (χ0) is 19.9. The van der Waals surface area contributed by atoms with Crippen molar-refractivity contribution in [2.24, 2.45) is 0 Å². The van der Waals surface area contributed by atoms with Gasteiger partial charge < -0.3 is 0 Å². The van der Waals surface area contributed by atoms with Crippen molar-refractivity contribution in [1.29, 1.82) is 0 Å². The van der Waals surface area contributed by atoms with Crippen LogP contribution in [0.2, 0.25) is 5.02 Å². The van der Waals surface area contributed by atoms with E-state index in [1.165, 1.54) is 42.5 Å². The molecule has 8 nitrogen and oxygen atoms in total. The van der Waals surface area contributed by atoms with Gasteiger partial charge >= 0.3 is 0 Å². The van der Waals surface area contributed by atoms with Gasteiger partial charge in [-0.1, -0.05) is 11.6 Å². The molecule has 1 aliphatic heterocycles. The summed E-state index contributed by atoms with van der Waals surface area (Å²) in [6.07, 6.45) is 1.57. The molecule has 0 spiro atoms. The first-order chi connectivity index (χ1) is 13.3. The number of halogens is 1. The van der Waals surface area contributed by atoms with Crippen LogP contribution in [0.1, 0.15) is 22.6 Å². The van der Waals surface area contributed by atoms with Crippen LogP contribution < -0.4 is 15.8 Å². The molecule has 0 bridgehead atoms. The molecule has 0 aliphatic carbocycles. The van der Waals surface area contributed by atoms with Gasteiger partial charge in [-0.3, -0.25) is 19.6 Å². The molecule has 0 radical (unpaired) electrons. The zero-order valence-corrected chi connectivity index (χ0v) is 16.0. The van der Waals surface area contributed by atoms with Crippen LogP contribution in [-0.4, -0.2) is 23.9 Å². The smallest absolute Gasteiger partial charge is 0.266 e. The molecule has 4 rings (SSSR count). The topological polar surface area (TPSA) is 110 Å². The number of hydrogen-bond donors (Lipinski definition) is 2. The largest absolute Gasteiger partial charge is 0.296 e. The van der Waals surface area contributed by atoms with E-state index in [1.807, 2.05) is 4.83 Å². The maximum atomic E-state index is 12.5. The van der Waals surface area contributed by atoms with Crippen molar-refractivity contribution in [3.05, 3.63) is 69.2 Å². The third kappa shape index (κ3) is 3.39. The van der Waals surface area contributed by atoms with Gasteiger partial charge in [0, 0.05) is 23.6 Å². The quantitative estimate of drug-likeness (QED) is 0.625. The highest BCUT2D eigenvalue weighted by Gasteiger charge is 2.18. The summed E-state index contributed by atoms with van der Waals surface area (Å²) >= 11 is 5.75. The minimum absolute atomic E-state index is 0.0408. The van der Waals surface area contributed by atoms with E-state index in [0.717, 1.165) is 6.42 Å². The number of nitrogens with zero attached hydrogens (tertiary/aromatic N) is 2. The lowest BCUT2D eigenvalue weighted by Gasteiger charge is -2.10. The second-order valence-corrected chi connectivity index (χ2v) is 8.45. The summed E-state index contributed by atoms with van der Waals surface area (Å²) in [5, 5.41) is 0.818. The van der Waals surface area contributed by atoms with Crippen LogP contribution in [0.15, 0.2) is 52.2 Å². The SMILES string of the molecule is O=C(NNS(=O)(=O)c1ccc(Cl)cc1)c1ccc2c(=O)n3c(nc2c1)CCC3. The standard InChI is InChI=1S/C18H15ClN4O4S/c19-12-4-6-13(7-5-12)28(26,27)22-21-17(24)11-3-8-14-15(10-11)20-16-2-1-9-23(16)18(14)25/h3-8,10,22H,1-2,9H2,(H,21,24). The van der Waals surface area contributed by atoms with E-state index in [2.05, 4.69) is 10.4 Å². The molecule has 0 saturated carbocycles. The number of rotatable bonds is 4. The number of fused-ring (bicyclic) bond motifs is 2. The number of aryl methyl sites for hydroxylation is 1. The van der Waals surface area contributed by atoms with Gasteiger partial charge in [0.15, 0.2) is 0 Å². The molecule has 2 heterocycles. The van der Waals surface area contributed by atoms with Crippen LogP contribution in [0.25, 0.3) is 10.9 Å². The van der Waals surface area contributed by atoms with E-state index in [9.17, 15) is 18.0 Å². The average Bonchev–Trinajstić information content (AvgIpc) is 3.15. The Bertz CT molecular complexity index is 1250. The summed E-state index contributed by atoms with van der Waals surface area (Å²) < 4.78 is 26.1. The third-order valence-electron chi connectivity index (χ3n) is 4.50. The lowest BCUT2D eigenvalue weighted by Crippen LogP contribution is -2.41. The molecule has 1 amide bonds. The number of carbonyl (C=O) groups excluding carboxylic acids is 1. The van der Waals surface area contributed by atoms with Crippen LogP contribution in [-0.2, 0) is 23.0 Å². The van der Waals surface area contributed by atoms with Gasteiger partial charge in [0.2, 0.25) is 0 Å². The molecule has 0 saturated heterocycles. The van der Waals surface area contributed by atoms with Crippen molar-refractivity contribution < 1.29 is 13.2 Å². The van der Waals surface area contributed by atoms with Crippen molar-refractivity contribution in [1.82, 2.24) is 19.8 Å². The fourth-order valence-electron chi connectivity index (χ4n) is 3.08. The van der Waals surface area contributed by atoms with E-state index < -0.39 is 15.9 Å². The van der Waals surface area contributed by atoms with Crippen molar-refractivity contribution in [3.8, 4) is 0 Å². The van der Waals surface area contributed by atoms with Crippen molar-refractivity contribution in [2.75, 3.05) is 0 Å². The second-order valence-electron chi connectivity index (χ2n) is 6.33. The number of sulfonamides is 1. The summed E-state index contributed by atoms with van der Waals surface area (Å²) in [6.45, 7) is 0.645. The van der Waals surface area contributed by atoms with Crippen molar-refractivity contribution in [3.63, 3.8) is 0 Å². The third-order valence-corrected chi connectivity index (χ3v) is 6.02. The Morgan fingerprint density at radius 1 is 1.14 bits per heavy atom. The normalized spacial score (nSPS) is 13.5. The fourth-order valence-corrected chi connectivity index (χ4v) is 4.05. The van der Waals surface area contributed by atoms with E-state index in [0.29, 0.717) is 34.7 Å². The Kier molecular flexibility index (Phi) is 4.66. The molecule has 10 heteroatoms. The number of amides is 1. The van der Waals surface area contributed by atoms with Gasteiger partial charge in [-0.05, 0) is 48.9 Å². The second kappa shape index (κ2) is 7.01. The predicted octanol–water partition coefficient (Wildman–Crippen LogP) is 1.62. The molecule has 1 aromatic heterocycles. The highest BCUT2D eigenvalue weighted by atomic mass is 35.5. The zero-order valence-electron chi connectivity index (χ0n) is 14.5. The molecule has 1 aliphatic rings. The van der Waals surface area contributed by atoms with Gasteiger partial charge in [-0.15, -0.1) is 4.83 Å². The minimum atomic E-state index is -3.95. The Morgan fingerprint density at radius 3 is 2.64 bits per heavy atom. The van der Waals surface area contributed by atoms with Gasteiger partial charge in [0.25, 0.3) is 21.5 Å². The summed E-state index contributed by atoms with van der Waals surface area (Å²) in [6, 6.07) is 9.98. The van der Waals surface area contributed by atoms with E-state index in [4.69, 9.17) is 11.6 Å². The van der Waals surface area contributed by atoms with Crippen LogP contribution >= 0.6 is 11.6 Å². The molecule has 0 atom stereocenters. The Hall–Kier alpha value is -2.75. The molecule has 144 valence electrons. The molecular weight excluding hydrogens is 404 g/mol. The van der Waals surface area contributed by atoms with Gasteiger partial charge in [-0.25, -0.2) is 13.4 Å². The molecule has 28 heavy (non-hydrogen) atoms. The number of aromatic nitrogens is 2. The molecule has 2 aromatic carbocycles. The summed E-state index contributed by atoms with van der Waals surface area (Å²) in [7, 11) is -3.95. The van der Waals surface area contributed by atoms with E-state index in [1.54, 1.807) is 4.57 Å². The number of hydrazine groups is 1. The maximum absolute atomic E-state index is 12.5. The average molecular weight is 419 g/mol. The molecule has 3 aromatic rings. The highest BCUT2D eigenvalue weighted by molar-refractivity contribution is 7.89. The lowest BCUT2D eigenvalue weighted by molar-refractivity contribution is 0.0945. The summed E-state index contributed by atoms with van der Waals surface area (Å²) in [5.74, 6) is 0.0281. The maximum Gasteiger partial charge on any atom is 0.266 e. The molecule has 0 unspecified atom stereocenters. The van der Waals surface area contributed by atoms with E-state index >= 15 is 0 Å². The number of nitrogens with one attached hydrogen (secondary N) is 2. The summed E-state index contributed by atoms with van der Waals surface area (Å²) in [5.41, 5.74) is 2.62. The van der Waals surface area contributed by atoms with Crippen LogP contribution in [0.3, 0.4) is 0 Å². The molecule has 0 fully saturated rings. The summed E-state index contributed by atoms with van der Waals surface area (Å²) in [4.78, 5) is 31.3. The van der Waals surface area contributed by atoms with Crippen LogP contribution in [0.5, 0.6) is 0 Å². The number of benzene rings is 2.